The van der Waals surface area contributed by atoms with E-state index in [2.05, 4.69) is 67.8 Å². The van der Waals surface area contributed by atoms with Crippen molar-refractivity contribution in [1.29, 1.82) is 0 Å². The molecule has 0 radical (unpaired) electrons. The fourth-order valence-electron chi connectivity index (χ4n) is 7.20. The molecule has 0 heterocycles. The number of amides is 1. The number of quaternary nitrogens is 1. The van der Waals surface area contributed by atoms with E-state index >= 15 is 0 Å². The van der Waals surface area contributed by atoms with Crippen molar-refractivity contribution in [3.05, 3.63) is 60.8 Å². The molecule has 0 aliphatic rings. The predicted octanol–water partition coefficient (Wildman–Crippen LogP) is 14.3. The molecule has 9 heteroatoms. The minimum atomic E-state index is -4.58. The zero-order valence-corrected chi connectivity index (χ0v) is 42.0. The van der Waals surface area contributed by atoms with Gasteiger partial charge in [0.15, 0.2) is 0 Å². The zero-order chi connectivity index (χ0) is 45.7. The highest BCUT2D eigenvalue weighted by Crippen LogP contribution is 2.38. The molecule has 3 atom stereocenters. The lowest BCUT2D eigenvalue weighted by Gasteiger charge is -2.29. The first-order chi connectivity index (χ1) is 30.0. The monoisotopic (exact) mass is 891 g/mol. The number of carbonyl (C=O) groups is 1. The third kappa shape index (κ3) is 46.2. The van der Waals surface area contributed by atoms with Gasteiger partial charge < -0.3 is 28.8 Å². The first-order valence-corrected chi connectivity index (χ1v) is 27.1. The van der Waals surface area contributed by atoms with Crippen LogP contribution in [-0.4, -0.2) is 68.5 Å². The number of aliphatic hydroxyl groups is 1. The maximum Gasteiger partial charge on any atom is 0.268 e. The molecule has 0 aliphatic heterocycles. The van der Waals surface area contributed by atoms with Gasteiger partial charge in [0.1, 0.15) is 13.2 Å². The Morgan fingerprint density at radius 1 is 0.581 bits per heavy atom. The molecule has 0 saturated heterocycles. The average Bonchev–Trinajstić information content (AvgIpc) is 3.23. The zero-order valence-electron chi connectivity index (χ0n) is 41.1. The van der Waals surface area contributed by atoms with Crippen LogP contribution >= 0.6 is 7.82 Å². The summed E-state index contributed by atoms with van der Waals surface area (Å²) in [4.78, 5) is 25.2. The van der Waals surface area contributed by atoms with Gasteiger partial charge in [0.2, 0.25) is 5.91 Å². The number of likely N-dealkylation sites (N-methyl/N-ethyl adjacent to an activating group) is 1. The van der Waals surface area contributed by atoms with Crippen LogP contribution in [0, 0.1) is 0 Å². The standard InChI is InChI=1S/C53H99N2O6P/c1-6-8-10-12-14-15-16-17-18-19-20-21-22-23-24-25-26-27-28-29-30-31-32-33-34-35-36-37-38-39-41-43-45-47-53(57)54-51(52(56)46-44-42-40-13-11-9-7-2)50-61-62(58,59)60-49-48-55(3,4)5/h8,10,14-15,17-18,20-21,44,46,51-52,56H,6-7,9,11-13,16,19,22-43,45,47-50H2,1-5H3,(H-,54,57,58,59)/b10-8-,15-14-,18-17-,21-20-,46-44+. The van der Waals surface area contributed by atoms with E-state index in [9.17, 15) is 19.4 Å². The Morgan fingerprint density at radius 2 is 0.984 bits per heavy atom. The first kappa shape index (κ1) is 60.2. The molecule has 0 saturated carbocycles. The summed E-state index contributed by atoms with van der Waals surface area (Å²) in [6.07, 6.45) is 59.0. The molecule has 8 nitrogen and oxygen atoms in total. The topological polar surface area (TPSA) is 108 Å². The van der Waals surface area contributed by atoms with Crippen molar-refractivity contribution in [2.24, 2.45) is 0 Å². The molecule has 0 aromatic carbocycles. The van der Waals surface area contributed by atoms with Crippen molar-refractivity contribution < 1.29 is 32.9 Å². The van der Waals surface area contributed by atoms with E-state index in [0.717, 1.165) is 64.2 Å². The molecule has 0 rings (SSSR count). The maximum absolute atomic E-state index is 12.8. The van der Waals surface area contributed by atoms with Gasteiger partial charge >= 0.3 is 0 Å². The molecule has 0 fully saturated rings. The number of carbonyl (C=O) groups excluding carboxylic acids is 1. The quantitative estimate of drug-likeness (QED) is 0.0273. The Hall–Kier alpha value is -1.80. The average molecular weight is 891 g/mol. The summed E-state index contributed by atoms with van der Waals surface area (Å²) in [6, 6.07) is -0.883. The van der Waals surface area contributed by atoms with Crippen molar-refractivity contribution in [1.82, 2.24) is 5.32 Å². The van der Waals surface area contributed by atoms with E-state index in [1.54, 1.807) is 6.08 Å². The maximum atomic E-state index is 12.8. The molecule has 2 N–H and O–H groups in total. The van der Waals surface area contributed by atoms with Gasteiger partial charge in [-0.25, -0.2) is 0 Å². The minimum absolute atomic E-state index is 0.00166. The number of nitrogens with zero attached hydrogens (tertiary/aromatic N) is 1. The third-order valence-electron chi connectivity index (χ3n) is 11.2. The highest BCUT2D eigenvalue weighted by Gasteiger charge is 2.23. The van der Waals surface area contributed by atoms with Gasteiger partial charge in [-0.15, -0.1) is 0 Å². The van der Waals surface area contributed by atoms with Gasteiger partial charge in [0, 0.05) is 6.42 Å². The second-order valence-corrected chi connectivity index (χ2v) is 19.9. The molecule has 0 aromatic rings. The number of phosphoric acid groups is 1. The number of allylic oxidation sites excluding steroid dienone is 9. The summed E-state index contributed by atoms with van der Waals surface area (Å²) in [5.41, 5.74) is 0. The van der Waals surface area contributed by atoms with E-state index in [0.29, 0.717) is 17.4 Å². The number of hydrogen-bond donors (Lipinski definition) is 2. The molecule has 1 amide bonds. The van der Waals surface area contributed by atoms with Crippen molar-refractivity contribution in [3.8, 4) is 0 Å². The van der Waals surface area contributed by atoms with Crippen molar-refractivity contribution in [2.75, 3.05) is 40.9 Å². The van der Waals surface area contributed by atoms with Crippen molar-refractivity contribution in [3.63, 3.8) is 0 Å². The van der Waals surface area contributed by atoms with Crippen LogP contribution in [0.25, 0.3) is 0 Å². The summed E-state index contributed by atoms with van der Waals surface area (Å²) in [6.45, 7) is 4.47. The van der Waals surface area contributed by atoms with E-state index in [-0.39, 0.29) is 19.1 Å². The van der Waals surface area contributed by atoms with Crippen LogP contribution < -0.4 is 10.2 Å². The van der Waals surface area contributed by atoms with Crippen LogP contribution in [0.3, 0.4) is 0 Å². The molecule has 0 bridgehead atoms. The molecule has 3 unspecified atom stereocenters. The normalized spacial score (nSPS) is 14.6. The molecule has 0 aliphatic carbocycles. The minimum Gasteiger partial charge on any atom is -0.756 e. The largest absolute Gasteiger partial charge is 0.756 e. The van der Waals surface area contributed by atoms with Gasteiger partial charge in [-0.3, -0.25) is 9.36 Å². The Bertz CT molecular complexity index is 1190. The van der Waals surface area contributed by atoms with Gasteiger partial charge in [0.25, 0.3) is 7.82 Å². The Labute approximate surface area is 383 Å². The van der Waals surface area contributed by atoms with Crippen molar-refractivity contribution in [2.45, 2.75) is 231 Å². The van der Waals surface area contributed by atoms with Crippen LogP contribution in [0.4, 0.5) is 0 Å². The number of rotatable bonds is 46. The van der Waals surface area contributed by atoms with Crippen LogP contribution in [0.1, 0.15) is 219 Å². The smallest absolute Gasteiger partial charge is 0.268 e. The Morgan fingerprint density at radius 3 is 1.44 bits per heavy atom. The lowest BCUT2D eigenvalue weighted by molar-refractivity contribution is -0.870. The van der Waals surface area contributed by atoms with E-state index < -0.39 is 20.0 Å². The van der Waals surface area contributed by atoms with Gasteiger partial charge in [0.05, 0.1) is 39.9 Å². The number of aliphatic hydroxyl groups excluding tert-OH is 1. The SMILES string of the molecule is CC/C=C\C/C=C\C/C=C\C/C=C\CCCCCCCCCCCCCCCCCCCCCCC(=O)NC(COP(=O)([O-])OCC[N+](C)(C)C)C(O)/C=C/CCCCCCC. The number of phosphoric ester groups is 1. The van der Waals surface area contributed by atoms with E-state index in [1.807, 2.05) is 27.2 Å². The van der Waals surface area contributed by atoms with Crippen molar-refractivity contribution >= 4 is 13.7 Å². The number of hydrogen-bond acceptors (Lipinski definition) is 6. The van der Waals surface area contributed by atoms with Crippen LogP contribution in [0.15, 0.2) is 60.8 Å². The summed E-state index contributed by atoms with van der Waals surface area (Å²) < 4.78 is 23.1. The number of nitrogens with one attached hydrogen (secondary N) is 1. The molecular weight excluding hydrogens is 792 g/mol. The number of unbranched alkanes of at least 4 members (excludes halogenated alkanes) is 25. The molecule has 362 valence electrons. The van der Waals surface area contributed by atoms with Gasteiger partial charge in [-0.05, 0) is 57.8 Å². The highest BCUT2D eigenvalue weighted by atomic mass is 31.2. The molecule has 0 aromatic heterocycles. The summed E-state index contributed by atoms with van der Waals surface area (Å²) in [5, 5.41) is 13.7. The van der Waals surface area contributed by atoms with Crippen LogP contribution in [0.5, 0.6) is 0 Å². The summed E-state index contributed by atoms with van der Waals surface area (Å²) in [5.74, 6) is -0.201. The molecule has 0 spiro atoms. The van der Waals surface area contributed by atoms with Gasteiger partial charge in [-0.1, -0.05) is 216 Å². The second kappa shape index (κ2) is 44.4. The Kier molecular flexibility index (Phi) is 43.1. The lowest BCUT2D eigenvalue weighted by atomic mass is 10.0. The van der Waals surface area contributed by atoms with Crippen LogP contribution in [-0.2, 0) is 18.4 Å². The highest BCUT2D eigenvalue weighted by molar-refractivity contribution is 7.45. The van der Waals surface area contributed by atoms with E-state index in [4.69, 9.17) is 9.05 Å². The first-order valence-electron chi connectivity index (χ1n) is 25.7. The van der Waals surface area contributed by atoms with Crippen LogP contribution in [0.2, 0.25) is 0 Å². The predicted molar refractivity (Wildman–Crippen MR) is 265 cm³/mol. The third-order valence-corrected chi connectivity index (χ3v) is 12.2. The molecular formula is C53H99N2O6P. The molecule has 62 heavy (non-hydrogen) atoms. The fraction of sp³-hybridized carbons (Fsp3) is 0.792. The fourth-order valence-corrected chi connectivity index (χ4v) is 7.93. The van der Waals surface area contributed by atoms with E-state index in [1.165, 1.54) is 135 Å². The summed E-state index contributed by atoms with van der Waals surface area (Å²) >= 11 is 0. The second-order valence-electron chi connectivity index (χ2n) is 18.5. The Balaban J connectivity index is 3.88. The lowest BCUT2D eigenvalue weighted by Crippen LogP contribution is -2.45. The van der Waals surface area contributed by atoms with Gasteiger partial charge in [-0.2, -0.15) is 0 Å². The summed E-state index contributed by atoms with van der Waals surface area (Å²) in [7, 11) is 1.26.